The summed E-state index contributed by atoms with van der Waals surface area (Å²) in [6.45, 7) is 6.40. The molecular formula is C50H91NO5. The van der Waals surface area contributed by atoms with Gasteiger partial charge in [0.1, 0.15) is 6.10 Å². The lowest BCUT2D eigenvalue weighted by molar-refractivity contribution is -0.151. The maximum absolute atomic E-state index is 13.1. The van der Waals surface area contributed by atoms with Crippen LogP contribution >= 0.6 is 0 Å². The Labute approximate surface area is 346 Å². The third kappa shape index (κ3) is 38.7. The van der Waals surface area contributed by atoms with E-state index in [1.807, 2.05) is 0 Å². The second-order valence-electron chi connectivity index (χ2n) is 16.2. The maximum Gasteiger partial charge on any atom is 0.306 e. The number of nitrogens with one attached hydrogen (secondary N) is 1. The van der Waals surface area contributed by atoms with Gasteiger partial charge >= 0.3 is 5.97 Å². The van der Waals surface area contributed by atoms with Gasteiger partial charge in [-0.2, -0.15) is 0 Å². The largest absolute Gasteiger partial charge is 0.462 e. The van der Waals surface area contributed by atoms with Crippen molar-refractivity contribution in [2.75, 3.05) is 6.61 Å². The molecule has 1 amide bonds. The van der Waals surface area contributed by atoms with E-state index < -0.39 is 18.2 Å². The van der Waals surface area contributed by atoms with Gasteiger partial charge in [-0.05, 0) is 70.6 Å². The fourth-order valence-electron chi connectivity index (χ4n) is 7.00. The Morgan fingerprint density at radius 1 is 0.518 bits per heavy atom. The smallest absolute Gasteiger partial charge is 0.306 e. The van der Waals surface area contributed by atoms with Gasteiger partial charge in [0, 0.05) is 6.42 Å². The Morgan fingerprint density at radius 2 is 0.911 bits per heavy atom. The van der Waals surface area contributed by atoms with Crippen molar-refractivity contribution in [3.63, 3.8) is 0 Å². The molecule has 0 rings (SSSR count). The van der Waals surface area contributed by atoms with Crippen LogP contribution in [0.5, 0.6) is 0 Å². The number of amides is 1. The van der Waals surface area contributed by atoms with Gasteiger partial charge in [0.2, 0.25) is 5.91 Å². The Bertz CT molecular complexity index is 972. The van der Waals surface area contributed by atoms with E-state index >= 15 is 0 Å². The van der Waals surface area contributed by atoms with Crippen LogP contribution in [0.4, 0.5) is 0 Å². The Hall–Kier alpha value is -2.18. The Balaban J connectivity index is 4.53. The summed E-state index contributed by atoms with van der Waals surface area (Å²) >= 11 is 0. The van der Waals surface area contributed by atoms with Crippen LogP contribution < -0.4 is 5.32 Å². The summed E-state index contributed by atoms with van der Waals surface area (Å²) in [6, 6.07) is -0.703. The molecule has 0 spiro atoms. The molecule has 0 fully saturated rings. The fraction of sp³-hybridized carbons (Fsp3) is 0.800. The number of ether oxygens (including phenoxy) is 1. The van der Waals surface area contributed by atoms with Gasteiger partial charge in [0.05, 0.1) is 25.2 Å². The van der Waals surface area contributed by atoms with E-state index in [9.17, 15) is 19.8 Å². The first-order valence-electron chi connectivity index (χ1n) is 23.9. The molecule has 326 valence electrons. The predicted octanol–water partition coefficient (Wildman–Crippen LogP) is 13.9. The van der Waals surface area contributed by atoms with Crippen molar-refractivity contribution in [2.45, 2.75) is 251 Å². The van der Waals surface area contributed by atoms with Crippen LogP contribution in [0.15, 0.2) is 48.6 Å². The summed E-state index contributed by atoms with van der Waals surface area (Å²) in [4.78, 5) is 26.0. The average Bonchev–Trinajstić information content (AvgIpc) is 3.19. The van der Waals surface area contributed by atoms with Gasteiger partial charge in [0.15, 0.2) is 0 Å². The number of esters is 1. The van der Waals surface area contributed by atoms with Crippen molar-refractivity contribution in [1.29, 1.82) is 0 Å². The summed E-state index contributed by atoms with van der Waals surface area (Å²) in [6.07, 6.45) is 51.7. The first-order chi connectivity index (χ1) is 27.5. The quantitative estimate of drug-likeness (QED) is 0.0325. The van der Waals surface area contributed by atoms with Crippen molar-refractivity contribution in [1.82, 2.24) is 5.32 Å². The normalized spacial score (nSPS) is 13.7. The molecule has 0 aromatic carbocycles. The molecule has 6 heteroatoms. The van der Waals surface area contributed by atoms with E-state index in [4.69, 9.17) is 4.74 Å². The topological polar surface area (TPSA) is 95.9 Å². The Kier molecular flexibility index (Phi) is 42.2. The summed E-state index contributed by atoms with van der Waals surface area (Å²) < 4.78 is 5.88. The summed E-state index contributed by atoms with van der Waals surface area (Å²) in [5.74, 6) is -0.511. The van der Waals surface area contributed by atoms with Crippen molar-refractivity contribution in [2.24, 2.45) is 0 Å². The highest BCUT2D eigenvalue weighted by molar-refractivity contribution is 5.77. The van der Waals surface area contributed by atoms with Crippen LogP contribution in [0, 0.1) is 0 Å². The molecule has 3 unspecified atom stereocenters. The monoisotopic (exact) mass is 786 g/mol. The number of unbranched alkanes of at least 4 members (excludes halogenated alkanes) is 22. The highest BCUT2D eigenvalue weighted by atomic mass is 16.5. The second-order valence-corrected chi connectivity index (χ2v) is 16.2. The summed E-state index contributed by atoms with van der Waals surface area (Å²) in [5, 5.41) is 23.6. The predicted molar refractivity (Wildman–Crippen MR) is 241 cm³/mol. The van der Waals surface area contributed by atoms with Gasteiger partial charge in [-0.3, -0.25) is 9.59 Å². The van der Waals surface area contributed by atoms with Gasteiger partial charge in [-0.15, -0.1) is 0 Å². The van der Waals surface area contributed by atoms with E-state index in [1.165, 1.54) is 103 Å². The number of allylic oxidation sites excluding steroid dienone is 8. The Morgan fingerprint density at radius 3 is 1.39 bits per heavy atom. The third-order valence-electron chi connectivity index (χ3n) is 10.7. The highest BCUT2D eigenvalue weighted by Crippen LogP contribution is 2.17. The molecule has 0 saturated carbocycles. The number of carbonyl (C=O) groups excluding carboxylic acids is 2. The SMILES string of the molecule is CCCCC/C=C\C/C=C\C/C=C\C/C=C\CCCCCC(=O)OC(CCCCCCCCCCC)CC(=O)NC(CO)C(O)CCCCCCCCCCC. The van der Waals surface area contributed by atoms with Crippen LogP contribution in [-0.2, 0) is 14.3 Å². The zero-order chi connectivity index (χ0) is 41.0. The van der Waals surface area contributed by atoms with Crippen LogP contribution in [-0.4, -0.2) is 46.9 Å². The van der Waals surface area contributed by atoms with Crippen LogP contribution in [0.1, 0.15) is 233 Å². The van der Waals surface area contributed by atoms with Crippen LogP contribution in [0.3, 0.4) is 0 Å². The molecule has 6 nitrogen and oxygen atoms in total. The molecule has 0 aliphatic heterocycles. The molecule has 56 heavy (non-hydrogen) atoms. The van der Waals surface area contributed by atoms with Gasteiger partial charge in [-0.1, -0.05) is 198 Å². The highest BCUT2D eigenvalue weighted by Gasteiger charge is 2.24. The number of aliphatic hydroxyl groups excluding tert-OH is 2. The van der Waals surface area contributed by atoms with Crippen molar-refractivity contribution >= 4 is 11.9 Å². The van der Waals surface area contributed by atoms with E-state index in [-0.39, 0.29) is 24.9 Å². The van der Waals surface area contributed by atoms with E-state index in [0.717, 1.165) is 83.5 Å². The second kappa shape index (κ2) is 43.9. The van der Waals surface area contributed by atoms with Gasteiger partial charge < -0.3 is 20.3 Å². The lowest BCUT2D eigenvalue weighted by Crippen LogP contribution is -2.46. The zero-order valence-corrected chi connectivity index (χ0v) is 37.0. The average molecular weight is 786 g/mol. The van der Waals surface area contributed by atoms with Crippen LogP contribution in [0.25, 0.3) is 0 Å². The van der Waals surface area contributed by atoms with E-state index in [0.29, 0.717) is 19.3 Å². The molecule has 0 saturated heterocycles. The molecule has 0 aliphatic rings. The number of hydrogen-bond acceptors (Lipinski definition) is 5. The number of hydrogen-bond donors (Lipinski definition) is 3. The maximum atomic E-state index is 13.1. The molecule has 0 aromatic heterocycles. The van der Waals surface area contributed by atoms with Crippen molar-refractivity contribution in [3.8, 4) is 0 Å². The van der Waals surface area contributed by atoms with Gasteiger partial charge in [-0.25, -0.2) is 0 Å². The molecule has 0 heterocycles. The minimum atomic E-state index is -0.789. The molecule has 3 N–H and O–H groups in total. The zero-order valence-electron chi connectivity index (χ0n) is 37.0. The molecule has 0 aliphatic carbocycles. The number of carbonyl (C=O) groups is 2. The summed E-state index contributed by atoms with van der Waals surface area (Å²) in [5.41, 5.74) is 0. The lowest BCUT2D eigenvalue weighted by atomic mass is 10.0. The summed E-state index contributed by atoms with van der Waals surface area (Å²) in [7, 11) is 0. The minimum absolute atomic E-state index is 0.0656. The van der Waals surface area contributed by atoms with E-state index in [1.54, 1.807) is 0 Å². The number of aliphatic hydroxyl groups is 2. The molecule has 0 bridgehead atoms. The van der Waals surface area contributed by atoms with Crippen molar-refractivity contribution < 1.29 is 24.5 Å². The fourth-order valence-corrected chi connectivity index (χ4v) is 7.00. The standard InChI is InChI=1S/C50H91NO5/c1-4-7-10-13-16-19-20-21-22-23-24-25-26-27-28-31-34-37-40-43-50(55)56-46(41-38-35-32-29-17-14-11-8-5-2)44-49(54)51-47(45-52)48(53)42-39-36-33-30-18-15-12-9-6-3/h16,19,21-22,24-25,27-28,46-48,52-53H,4-15,17-18,20,23,26,29-45H2,1-3H3,(H,51,54)/b19-16-,22-21-,25-24-,28-27-. The lowest BCUT2D eigenvalue weighted by Gasteiger charge is -2.24. The molecule has 3 atom stereocenters. The first-order valence-corrected chi connectivity index (χ1v) is 23.9. The number of rotatable bonds is 42. The minimum Gasteiger partial charge on any atom is -0.462 e. The third-order valence-corrected chi connectivity index (χ3v) is 10.7. The molecule has 0 radical (unpaired) electrons. The van der Waals surface area contributed by atoms with Crippen LogP contribution in [0.2, 0.25) is 0 Å². The first kappa shape index (κ1) is 53.8. The van der Waals surface area contributed by atoms with E-state index in [2.05, 4.69) is 74.7 Å². The molecular weight excluding hydrogens is 695 g/mol. The van der Waals surface area contributed by atoms with Gasteiger partial charge in [0.25, 0.3) is 0 Å². The molecule has 0 aromatic rings. The van der Waals surface area contributed by atoms with Crippen molar-refractivity contribution in [3.05, 3.63) is 48.6 Å².